The molecular weight excluding hydrogens is 300 g/mol. The number of hydrogen-bond acceptors (Lipinski definition) is 6. The molecule has 0 amide bonds. The Kier molecular flexibility index (Phi) is 3.95. The van der Waals surface area contributed by atoms with Gasteiger partial charge in [-0.05, 0) is 29.8 Å². The minimum Gasteiger partial charge on any atom is -0.508 e. The largest absolute Gasteiger partial charge is 0.508 e. The summed E-state index contributed by atoms with van der Waals surface area (Å²) in [6.45, 7) is 0.0157. The van der Waals surface area contributed by atoms with Crippen molar-refractivity contribution < 1.29 is 15.3 Å². The summed E-state index contributed by atoms with van der Waals surface area (Å²) in [6, 6.07) is 11.8. The van der Waals surface area contributed by atoms with Gasteiger partial charge in [-0.1, -0.05) is 12.1 Å². The van der Waals surface area contributed by atoms with E-state index in [0.717, 1.165) is 11.3 Å². The molecule has 0 saturated heterocycles. The number of hydrogen-bond donors (Lipinski definition) is 4. The van der Waals surface area contributed by atoms with E-state index in [-0.39, 0.29) is 18.1 Å². The number of aliphatic hydroxyl groups excluding tert-OH is 1. The number of anilines is 2. The topological polar surface area (TPSA) is 85.6 Å². The third-order valence-corrected chi connectivity index (χ3v) is 3.91. The quantitative estimate of drug-likeness (QED) is 0.592. The predicted octanol–water partition coefficient (Wildman–Crippen LogP) is 3.46. The Morgan fingerprint density at radius 1 is 1.05 bits per heavy atom. The molecule has 3 aromatic rings. The van der Waals surface area contributed by atoms with Gasteiger partial charge in [0.2, 0.25) is 0 Å². The van der Waals surface area contributed by atoms with E-state index in [4.69, 9.17) is 5.11 Å². The van der Waals surface area contributed by atoms with Crippen LogP contribution in [0.25, 0.3) is 11.3 Å². The summed E-state index contributed by atoms with van der Waals surface area (Å²) in [5, 5.41) is 33.9. The Labute approximate surface area is 131 Å². The number of nitrogens with one attached hydrogen (secondary N) is 1. The van der Waals surface area contributed by atoms with Gasteiger partial charge in [0.05, 0.1) is 12.3 Å². The van der Waals surface area contributed by atoms with Gasteiger partial charge >= 0.3 is 0 Å². The zero-order valence-electron chi connectivity index (χ0n) is 11.5. The summed E-state index contributed by atoms with van der Waals surface area (Å²) in [5.74, 6) is 0.00273. The summed E-state index contributed by atoms with van der Waals surface area (Å²) >= 11 is 1.42. The number of phenolic OH excluding ortho intramolecular Hbond substituents is 2. The summed E-state index contributed by atoms with van der Waals surface area (Å²) in [6.07, 6.45) is 0. The molecule has 0 aliphatic rings. The maximum atomic E-state index is 9.86. The number of aromatic hydroxyl groups is 2. The number of rotatable bonds is 4. The van der Waals surface area contributed by atoms with Crippen LogP contribution in [0.1, 0.15) is 5.56 Å². The second-order valence-corrected chi connectivity index (χ2v) is 5.58. The average Bonchev–Trinajstić information content (AvgIpc) is 2.96. The van der Waals surface area contributed by atoms with E-state index in [0.29, 0.717) is 16.4 Å². The smallest absolute Gasteiger partial charge is 0.187 e. The van der Waals surface area contributed by atoms with Crippen molar-refractivity contribution in [3.8, 4) is 22.8 Å². The van der Waals surface area contributed by atoms with Crippen LogP contribution >= 0.6 is 11.3 Å². The van der Waals surface area contributed by atoms with Crippen molar-refractivity contribution in [3.05, 3.63) is 53.4 Å². The molecule has 22 heavy (non-hydrogen) atoms. The van der Waals surface area contributed by atoms with Crippen LogP contribution in [-0.4, -0.2) is 20.3 Å². The summed E-state index contributed by atoms with van der Waals surface area (Å²) in [5.41, 5.74) is 2.92. The summed E-state index contributed by atoms with van der Waals surface area (Å²) < 4.78 is 0. The first kappa shape index (κ1) is 14.4. The van der Waals surface area contributed by atoms with Crippen molar-refractivity contribution >= 4 is 22.2 Å². The fourth-order valence-electron chi connectivity index (χ4n) is 2.01. The van der Waals surface area contributed by atoms with Crippen LogP contribution in [0.5, 0.6) is 11.5 Å². The zero-order valence-corrected chi connectivity index (χ0v) is 12.3. The molecule has 1 heterocycles. The van der Waals surface area contributed by atoms with E-state index in [1.54, 1.807) is 6.07 Å². The molecule has 2 aromatic carbocycles. The van der Waals surface area contributed by atoms with E-state index < -0.39 is 0 Å². The Morgan fingerprint density at radius 3 is 2.50 bits per heavy atom. The first-order valence-corrected chi connectivity index (χ1v) is 7.48. The second-order valence-electron chi connectivity index (χ2n) is 4.72. The minimum atomic E-state index is -0.0100. The molecule has 3 rings (SSSR count). The van der Waals surface area contributed by atoms with Crippen molar-refractivity contribution in [1.82, 2.24) is 4.98 Å². The first-order chi connectivity index (χ1) is 10.7. The Morgan fingerprint density at radius 2 is 1.82 bits per heavy atom. The van der Waals surface area contributed by atoms with E-state index >= 15 is 0 Å². The molecule has 0 aliphatic carbocycles. The summed E-state index contributed by atoms with van der Waals surface area (Å²) in [7, 11) is 0. The fraction of sp³-hybridized carbons (Fsp3) is 0.0625. The highest BCUT2D eigenvalue weighted by Gasteiger charge is 2.09. The average molecular weight is 314 g/mol. The number of nitrogens with zero attached hydrogens (tertiary/aromatic N) is 1. The molecule has 0 spiro atoms. The maximum absolute atomic E-state index is 9.86. The van der Waals surface area contributed by atoms with E-state index in [1.807, 2.05) is 29.6 Å². The molecule has 0 atom stereocenters. The normalized spacial score (nSPS) is 10.6. The van der Waals surface area contributed by atoms with E-state index in [9.17, 15) is 10.2 Å². The molecule has 6 heteroatoms. The Balaban J connectivity index is 1.81. The zero-order chi connectivity index (χ0) is 15.5. The van der Waals surface area contributed by atoms with Gasteiger partial charge < -0.3 is 20.6 Å². The maximum Gasteiger partial charge on any atom is 0.187 e. The molecule has 0 saturated carbocycles. The van der Waals surface area contributed by atoms with Crippen molar-refractivity contribution in [1.29, 1.82) is 0 Å². The number of thiazole rings is 1. The number of benzene rings is 2. The van der Waals surface area contributed by atoms with Gasteiger partial charge in [-0.15, -0.1) is 11.3 Å². The molecule has 112 valence electrons. The third kappa shape index (κ3) is 3.03. The fourth-order valence-corrected chi connectivity index (χ4v) is 2.74. The number of aromatic nitrogens is 1. The molecule has 1 aromatic heterocycles. The third-order valence-electron chi connectivity index (χ3n) is 3.15. The molecule has 5 nitrogen and oxygen atoms in total. The van der Waals surface area contributed by atoms with Crippen molar-refractivity contribution in [2.45, 2.75) is 6.61 Å². The van der Waals surface area contributed by atoms with Crippen molar-refractivity contribution in [2.24, 2.45) is 0 Å². The lowest BCUT2D eigenvalue weighted by atomic mass is 10.1. The van der Waals surface area contributed by atoms with Crippen LogP contribution in [0, 0.1) is 0 Å². The Bertz CT molecular complexity index is 784. The molecule has 0 bridgehead atoms. The second kappa shape index (κ2) is 6.05. The first-order valence-electron chi connectivity index (χ1n) is 6.60. The minimum absolute atomic E-state index is 0.0100. The monoisotopic (exact) mass is 314 g/mol. The van der Waals surface area contributed by atoms with Crippen LogP contribution in [0.4, 0.5) is 10.8 Å². The van der Waals surface area contributed by atoms with Gasteiger partial charge in [-0.2, -0.15) is 0 Å². The van der Waals surface area contributed by atoms with Gasteiger partial charge in [0.15, 0.2) is 5.13 Å². The van der Waals surface area contributed by atoms with E-state index in [1.165, 1.54) is 23.5 Å². The Hall–Kier alpha value is -2.57. The van der Waals surface area contributed by atoms with Gasteiger partial charge in [0.1, 0.15) is 11.5 Å². The van der Waals surface area contributed by atoms with Gasteiger partial charge in [-0.25, -0.2) is 4.98 Å². The standard InChI is InChI=1S/C16H14N2O3S/c19-8-10-1-3-11(4-2-10)17-16-18-14(9-22-16)13-6-5-12(20)7-15(13)21/h1-7,9,19-21H,8H2,(H,17,18). The molecule has 0 aliphatic heterocycles. The molecule has 0 radical (unpaired) electrons. The molecule has 0 unspecified atom stereocenters. The van der Waals surface area contributed by atoms with Crippen LogP contribution in [-0.2, 0) is 6.61 Å². The number of phenols is 2. The lowest BCUT2D eigenvalue weighted by molar-refractivity contribution is 0.282. The molecule has 4 N–H and O–H groups in total. The number of aliphatic hydroxyl groups is 1. The van der Waals surface area contributed by atoms with Crippen LogP contribution in [0.2, 0.25) is 0 Å². The van der Waals surface area contributed by atoms with Crippen LogP contribution in [0.3, 0.4) is 0 Å². The van der Waals surface area contributed by atoms with Crippen LogP contribution < -0.4 is 5.32 Å². The van der Waals surface area contributed by atoms with Crippen molar-refractivity contribution in [3.63, 3.8) is 0 Å². The highest BCUT2D eigenvalue weighted by Crippen LogP contribution is 2.34. The lowest BCUT2D eigenvalue weighted by Gasteiger charge is -2.04. The lowest BCUT2D eigenvalue weighted by Crippen LogP contribution is -1.90. The highest BCUT2D eigenvalue weighted by molar-refractivity contribution is 7.14. The van der Waals surface area contributed by atoms with Gasteiger partial charge in [-0.3, -0.25) is 0 Å². The van der Waals surface area contributed by atoms with Crippen LogP contribution in [0.15, 0.2) is 47.8 Å². The SMILES string of the molecule is OCc1ccc(Nc2nc(-c3ccc(O)cc3O)cs2)cc1. The highest BCUT2D eigenvalue weighted by atomic mass is 32.1. The molecule has 0 fully saturated rings. The molecular formula is C16H14N2O3S. The predicted molar refractivity (Wildman–Crippen MR) is 86.5 cm³/mol. The van der Waals surface area contributed by atoms with Gasteiger partial charge in [0, 0.05) is 22.7 Å². The van der Waals surface area contributed by atoms with E-state index in [2.05, 4.69) is 10.3 Å². The van der Waals surface area contributed by atoms with Crippen molar-refractivity contribution in [2.75, 3.05) is 5.32 Å². The van der Waals surface area contributed by atoms with Gasteiger partial charge in [0.25, 0.3) is 0 Å². The summed E-state index contributed by atoms with van der Waals surface area (Å²) in [4.78, 5) is 4.43.